The average Bonchev–Trinajstić information content (AvgIpc) is 2.38. The maximum atomic E-state index is 11.5. The second-order valence-electron chi connectivity index (χ2n) is 4.10. The molecule has 4 atom stereocenters. The van der Waals surface area contributed by atoms with Gasteiger partial charge in [0.2, 0.25) is 0 Å². The van der Waals surface area contributed by atoms with E-state index in [1.165, 1.54) is 0 Å². The Morgan fingerprint density at radius 3 is 2.85 bits per heavy atom. The highest BCUT2D eigenvalue weighted by atomic mass is 32.2. The first-order chi connectivity index (χ1) is 6.11. The lowest BCUT2D eigenvalue weighted by Gasteiger charge is -2.39. The molecule has 0 spiro atoms. The van der Waals surface area contributed by atoms with E-state index in [-0.39, 0.29) is 29.5 Å². The Labute approximate surface area is 76.2 Å². The summed E-state index contributed by atoms with van der Waals surface area (Å²) >= 11 is 0. The van der Waals surface area contributed by atoms with E-state index in [1.54, 1.807) is 0 Å². The fourth-order valence-electron chi connectivity index (χ4n) is 2.99. The minimum Gasteiger partial charge on any atom is -0.465 e. The van der Waals surface area contributed by atoms with Crippen LogP contribution in [0.15, 0.2) is 0 Å². The Balaban J connectivity index is 2.01. The second kappa shape index (κ2) is 2.08. The molecule has 2 aliphatic heterocycles. The minimum atomic E-state index is -2.98. The average molecular weight is 202 g/mol. The Morgan fingerprint density at radius 2 is 2.08 bits per heavy atom. The number of rotatable bonds is 0. The molecule has 1 aliphatic carbocycles. The van der Waals surface area contributed by atoms with Crippen LogP contribution in [0.4, 0.5) is 0 Å². The summed E-state index contributed by atoms with van der Waals surface area (Å²) in [5.41, 5.74) is 0. The van der Waals surface area contributed by atoms with Crippen LogP contribution in [0.25, 0.3) is 0 Å². The van der Waals surface area contributed by atoms with Crippen LogP contribution >= 0.6 is 0 Å². The third kappa shape index (κ3) is 0.764. The standard InChI is InChI=1S/C8H10O4S/c9-8-6-5(3-12-8)4-1-2-13(10,11)7(4)6/h4-7H,1-3H2/t4-,5-,6-,7-/m1/s1. The van der Waals surface area contributed by atoms with Gasteiger partial charge in [-0.05, 0) is 12.3 Å². The summed E-state index contributed by atoms with van der Waals surface area (Å²) < 4.78 is 27.9. The highest BCUT2D eigenvalue weighted by Gasteiger charge is 2.65. The van der Waals surface area contributed by atoms with Crippen molar-refractivity contribution in [2.75, 3.05) is 12.4 Å². The van der Waals surface area contributed by atoms with Crippen molar-refractivity contribution in [3.05, 3.63) is 0 Å². The zero-order valence-electron chi connectivity index (χ0n) is 6.97. The molecule has 0 amide bonds. The van der Waals surface area contributed by atoms with E-state index in [0.29, 0.717) is 6.61 Å². The molecular weight excluding hydrogens is 192 g/mol. The molecule has 0 N–H and O–H groups in total. The third-order valence-electron chi connectivity index (χ3n) is 3.63. The van der Waals surface area contributed by atoms with Crippen LogP contribution in [0.1, 0.15) is 6.42 Å². The fourth-order valence-corrected chi connectivity index (χ4v) is 5.49. The molecule has 3 fully saturated rings. The molecule has 0 unspecified atom stereocenters. The molecule has 13 heavy (non-hydrogen) atoms. The first-order valence-corrected chi connectivity index (χ1v) is 6.21. The van der Waals surface area contributed by atoms with Gasteiger partial charge < -0.3 is 4.74 Å². The largest absolute Gasteiger partial charge is 0.465 e. The molecule has 5 heteroatoms. The zero-order valence-corrected chi connectivity index (χ0v) is 7.79. The SMILES string of the molecule is O=C1OC[C@@H]2[C@H]3CCS(=O)(=O)[C@H]3[C@H]12. The van der Waals surface area contributed by atoms with Crippen molar-refractivity contribution in [2.45, 2.75) is 11.7 Å². The molecule has 0 aromatic rings. The smallest absolute Gasteiger partial charge is 0.310 e. The molecule has 2 heterocycles. The van der Waals surface area contributed by atoms with Crippen molar-refractivity contribution in [1.82, 2.24) is 0 Å². The number of esters is 1. The lowest BCUT2D eigenvalue weighted by atomic mass is 9.65. The topological polar surface area (TPSA) is 60.4 Å². The molecule has 0 aromatic carbocycles. The molecule has 3 aliphatic rings. The van der Waals surface area contributed by atoms with E-state index in [2.05, 4.69) is 0 Å². The van der Waals surface area contributed by atoms with E-state index < -0.39 is 15.1 Å². The molecule has 1 saturated carbocycles. The van der Waals surface area contributed by atoms with Crippen LogP contribution in [-0.4, -0.2) is 32.0 Å². The number of hydrogen-bond donors (Lipinski definition) is 0. The number of sulfone groups is 1. The van der Waals surface area contributed by atoms with Crippen LogP contribution < -0.4 is 0 Å². The lowest BCUT2D eigenvalue weighted by molar-refractivity contribution is -0.142. The molecule has 72 valence electrons. The predicted octanol–water partition coefficient (Wildman–Crippen LogP) is -0.407. The van der Waals surface area contributed by atoms with Gasteiger partial charge in [0.1, 0.15) is 0 Å². The van der Waals surface area contributed by atoms with Gasteiger partial charge in [-0.25, -0.2) is 8.42 Å². The number of carbonyl (C=O) groups excluding carboxylic acids is 1. The monoisotopic (exact) mass is 202 g/mol. The van der Waals surface area contributed by atoms with Gasteiger partial charge in [-0.15, -0.1) is 0 Å². The third-order valence-corrected chi connectivity index (χ3v) is 5.90. The van der Waals surface area contributed by atoms with Gasteiger partial charge in [-0.2, -0.15) is 0 Å². The van der Waals surface area contributed by atoms with Crippen molar-refractivity contribution in [3.63, 3.8) is 0 Å². The lowest BCUT2D eigenvalue weighted by Crippen LogP contribution is -2.51. The number of carbonyl (C=O) groups is 1. The summed E-state index contributed by atoms with van der Waals surface area (Å²) in [6.45, 7) is 0.445. The van der Waals surface area contributed by atoms with E-state index in [1.807, 2.05) is 0 Å². The Hall–Kier alpha value is -0.580. The fraction of sp³-hybridized carbons (Fsp3) is 0.875. The van der Waals surface area contributed by atoms with Gasteiger partial charge in [0.25, 0.3) is 0 Å². The van der Waals surface area contributed by atoms with Gasteiger partial charge in [0, 0.05) is 5.92 Å². The highest BCUT2D eigenvalue weighted by molar-refractivity contribution is 7.92. The van der Waals surface area contributed by atoms with E-state index in [4.69, 9.17) is 4.74 Å². The summed E-state index contributed by atoms with van der Waals surface area (Å²) in [5.74, 6) is 0.0632. The van der Waals surface area contributed by atoms with Crippen LogP contribution in [0.5, 0.6) is 0 Å². The first-order valence-electron chi connectivity index (χ1n) is 4.49. The van der Waals surface area contributed by atoms with Crippen molar-refractivity contribution in [3.8, 4) is 0 Å². The summed E-state index contributed by atoms with van der Waals surface area (Å²) in [4.78, 5) is 11.2. The normalized spacial score (nSPS) is 50.6. The van der Waals surface area contributed by atoms with Gasteiger partial charge in [-0.1, -0.05) is 0 Å². The van der Waals surface area contributed by atoms with Crippen molar-refractivity contribution < 1.29 is 17.9 Å². The number of ether oxygens (including phenoxy) is 1. The van der Waals surface area contributed by atoms with Crippen LogP contribution in [-0.2, 0) is 19.4 Å². The van der Waals surface area contributed by atoms with Crippen molar-refractivity contribution >= 4 is 15.8 Å². The van der Waals surface area contributed by atoms with E-state index >= 15 is 0 Å². The van der Waals surface area contributed by atoms with E-state index in [0.717, 1.165) is 6.42 Å². The van der Waals surface area contributed by atoms with Crippen LogP contribution in [0.3, 0.4) is 0 Å². The summed E-state index contributed by atoms with van der Waals surface area (Å²) in [7, 11) is -2.98. The Bertz CT molecular complexity index is 372. The van der Waals surface area contributed by atoms with Crippen LogP contribution in [0.2, 0.25) is 0 Å². The first kappa shape index (κ1) is 7.79. The van der Waals surface area contributed by atoms with Gasteiger partial charge in [-0.3, -0.25) is 4.79 Å². The molecule has 0 bridgehead atoms. The van der Waals surface area contributed by atoms with Crippen LogP contribution in [0, 0.1) is 17.8 Å². The Kier molecular flexibility index (Phi) is 1.25. The van der Waals surface area contributed by atoms with Crippen molar-refractivity contribution in [1.29, 1.82) is 0 Å². The molecule has 3 rings (SSSR count). The maximum absolute atomic E-state index is 11.5. The summed E-state index contributed by atoms with van der Waals surface area (Å²) in [6, 6.07) is 0. The molecule has 0 radical (unpaired) electrons. The quantitative estimate of drug-likeness (QED) is 0.501. The van der Waals surface area contributed by atoms with Crippen molar-refractivity contribution in [2.24, 2.45) is 17.8 Å². The van der Waals surface area contributed by atoms with Gasteiger partial charge in [0.15, 0.2) is 9.84 Å². The maximum Gasteiger partial charge on any atom is 0.310 e. The molecule has 0 aromatic heterocycles. The molecule has 4 nitrogen and oxygen atoms in total. The summed E-state index contributed by atoms with van der Waals surface area (Å²) in [6.07, 6.45) is 0.727. The zero-order chi connectivity index (χ0) is 9.22. The number of fused-ring (bicyclic) bond motifs is 4. The van der Waals surface area contributed by atoms with Gasteiger partial charge >= 0.3 is 5.97 Å². The van der Waals surface area contributed by atoms with E-state index in [9.17, 15) is 13.2 Å². The second-order valence-corrected chi connectivity index (χ2v) is 6.38. The molecule has 2 saturated heterocycles. The van der Waals surface area contributed by atoms with Gasteiger partial charge in [0.05, 0.1) is 23.5 Å². The number of hydrogen-bond acceptors (Lipinski definition) is 4. The summed E-state index contributed by atoms with van der Waals surface area (Å²) in [5, 5.41) is -0.396. The molecular formula is C8H10O4S. The Morgan fingerprint density at radius 1 is 1.31 bits per heavy atom. The highest BCUT2D eigenvalue weighted by Crippen LogP contribution is 2.54. The minimum absolute atomic E-state index is 0.203. The number of cyclic esters (lactones) is 1. The predicted molar refractivity (Wildman–Crippen MR) is 43.6 cm³/mol.